The number of nitrogens with two attached hydrogens (primary N) is 1. The van der Waals surface area contributed by atoms with Crippen LogP contribution in [0.3, 0.4) is 0 Å². The molecule has 0 bridgehead atoms. The van der Waals surface area contributed by atoms with Crippen LogP contribution in [0.4, 0.5) is 15.3 Å². The Balaban J connectivity index is 1.90. The number of benzene rings is 3. The maximum atomic E-state index is 12.4. The van der Waals surface area contributed by atoms with Gasteiger partial charge in [0.2, 0.25) is 0 Å². The summed E-state index contributed by atoms with van der Waals surface area (Å²) in [5.74, 6) is 0. The number of nitrogens with one attached hydrogen (secondary N) is 1. The lowest BCUT2D eigenvalue weighted by Crippen LogP contribution is -2.41. The monoisotopic (exact) mass is 390 g/mol. The Morgan fingerprint density at radius 3 is 1.66 bits per heavy atom. The summed E-state index contributed by atoms with van der Waals surface area (Å²) in [7, 11) is 0. The van der Waals surface area contributed by atoms with Crippen molar-refractivity contribution in [1.82, 2.24) is 0 Å². The zero-order valence-electron chi connectivity index (χ0n) is 15.8. The van der Waals surface area contributed by atoms with E-state index in [1.165, 1.54) is 0 Å². The fourth-order valence-corrected chi connectivity index (χ4v) is 3.11. The van der Waals surface area contributed by atoms with E-state index in [0.29, 0.717) is 5.69 Å². The highest BCUT2D eigenvalue weighted by Crippen LogP contribution is 2.33. The molecule has 6 nitrogen and oxygen atoms in total. The van der Waals surface area contributed by atoms with Gasteiger partial charge in [-0.1, -0.05) is 78.9 Å². The van der Waals surface area contributed by atoms with Crippen LogP contribution in [-0.4, -0.2) is 25.4 Å². The fourth-order valence-electron chi connectivity index (χ4n) is 3.11. The molecular weight excluding hydrogens is 368 g/mol. The minimum atomic E-state index is -0.911. The largest absolute Gasteiger partial charge is 0.448 e. The third-order valence-electron chi connectivity index (χ3n) is 4.58. The van der Waals surface area contributed by atoms with Crippen LogP contribution in [0.2, 0.25) is 0 Å². The second-order valence-electron chi connectivity index (χ2n) is 6.49. The minimum Gasteiger partial charge on any atom is -0.448 e. The number of primary amides is 1. The van der Waals surface area contributed by atoms with Crippen LogP contribution in [-0.2, 0) is 14.9 Å². The molecule has 0 aliphatic heterocycles. The molecule has 0 unspecified atom stereocenters. The molecule has 0 saturated heterocycles. The first-order chi connectivity index (χ1) is 14.1. The van der Waals surface area contributed by atoms with E-state index in [2.05, 4.69) is 5.32 Å². The van der Waals surface area contributed by atoms with Gasteiger partial charge in [0.05, 0.1) is 5.41 Å². The Kier molecular flexibility index (Phi) is 6.47. The third kappa shape index (κ3) is 5.13. The van der Waals surface area contributed by atoms with Gasteiger partial charge >= 0.3 is 12.2 Å². The number of rotatable bonds is 7. The van der Waals surface area contributed by atoms with Crippen molar-refractivity contribution in [3.63, 3.8) is 0 Å². The molecule has 3 aromatic carbocycles. The standard InChI is InChI=1S/C23H22N2O4/c24-21(26)28-16-23(18-10-4-1-5-11-18,19-12-6-2-7-13-19)17-29-22(27)25-20-14-8-3-9-15-20/h1-15H,16-17H2,(H2,24,26)(H,25,27). The van der Waals surface area contributed by atoms with Crippen molar-refractivity contribution in [1.29, 1.82) is 0 Å². The van der Waals surface area contributed by atoms with Crippen LogP contribution in [0.15, 0.2) is 91.0 Å². The maximum Gasteiger partial charge on any atom is 0.411 e. The molecule has 0 saturated carbocycles. The number of hydrogen-bond donors (Lipinski definition) is 2. The number of carbonyl (C=O) groups is 2. The Morgan fingerprint density at radius 1 is 0.724 bits per heavy atom. The zero-order valence-corrected chi connectivity index (χ0v) is 15.8. The molecule has 148 valence electrons. The van der Waals surface area contributed by atoms with Crippen molar-refractivity contribution < 1.29 is 19.1 Å². The molecular formula is C23H22N2O4. The van der Waals surface area contributed by atoms with E-state index in [1.54, 1.807) is 12.1 Å². The van der Waals surface area contributed by atoms with Gasteiger partial charge in [0.15, 0.2) is 0 Å². The van der Waals surface area contributed by atoms with E-state index in [4.69, 9.17) is 15.2 Å². The second kappa shape index (κ2) is 9.41. The molecule has 0 aromatic heterocycles. The topological polar surface area (TPSA) is 90.7 Å². The predicted molar refractivity (Wildman–Crippen MR) is 111 cm³/mol. The predicted octanol–water partition coefficient (Wildman–Crippen LogP) is 4.32. The molecule has 6 heteroatoms. The third-order valence-corrected chi connectivity index (χ3v) is 4.58. The van der Waals surface area contributed by atoms with E-state index in [9.17, 15) is 9.59 Å². The molecule has 0 radical (unpaired) electrons. The first-order valence-corrected chi connectivity index (χ1v) is 9.12. The lowest BCUT2D eigenvalue weighted by atomic mass is 9.75. The molecule has 0 spiro atoms. The lowest BCUT2D eigenvalue weighted by Gasteiger charge is -2.33. The van der Waals surface area contributed by atoms with E-state index >= 15 is 0 Å². The average Bonchev–Trinajstić information content (AvgIpc) is 2.76. The number of carbonyl (C=O) groups excluding carboxylic acids is 2. The Morgan fingerprint density at radius 2 is 1.17 bits per heavy atom. The fraction of sp³-hybridized carbons (Fsp3) is 0.130. The normalized spacial score (nSPS) is 10.8. The van der Waals surface area contributed by atoms with Gasteiger partial charge < -0.3 is 15.2 Å². The van der Waals surface area contributed by atoms with Crippen molar-refractivity contribution in [2.24, 2.45) is 5.73 Å². The molecule has 0 atom stereocenters. The van der Waals surface area contributed by atoms with Gasteiger partial charge in [-0.3, -0.25) is 5.32 Å². The highest BCUT2D eigenvalue weighted by Gasteiger charge is 2.37. The van der Waals surface area contributed by atoms with Crippen molar-refractivity contribution in [3.8, 4) is 0 Å². The molecule has 0 aliphatic carbocycles. The zero-order chi connectivity index (χ0) is 20.5. The minimum absolute atomic E-state index is 0.0486. The molecule has 0 fully saturated rings. The van der Waals surface area contributed by atoms with E-state index in [1.807, 2.05) is 78.9 Å². The summed E-state index contributed by atoms with van der Waals surface area (Å²) in [5, 5.41) is 2.69. The van der Waals surface area contributed by atoms with Gasteiger partial charge in [-0.05, 0) is 23.3 Å². The molecule has 29 heavy (non-hydrogen) atoms. The average molecular weight is 390 g/mol. The van der Waals surface area contributed by atoms with Gasteiger partial charge in [0.1, 0.15) is 13.2 Å². The van der Waals surface area contributed by atoms with Crippen LogP contribution >= 0.6 is 0 Å². The number of anilines is 1. The number of hydrogen-bond acceptors (Lipinski definition) is 4. The lowest BCUT2D eigenvalue weighted by molar-refractivity contribution is 0.0917. The van der Waals surface area contributed by atoms with E-state index in [-0.39, 0.29) is 13.2 Å². The van der Waals surface area contributed by atoms with Crippen molar-refractivity contribution in [2.75, 3.05) is 18.5 Å². The van der Waals surface area contributed by atoms with Crippen LogP contribution in [0, 0.1) is 0 Å². The first kappa shape index (κ1) is 19.9. The van der Waals surface area contributed by atoms with Gasteiger partial charge in [-0.2, -0.15) is 0 Å². The maximum absolute atomic E-state index is 12.4. The highest BCUT2D eigenvalue weighted by atomic mass is 16.6. The van der Waals surface area contributed by atoms with Gasteiger partial charge in [0.25, 0.3) is 0 Å². The smallest absolute Gasteiger partial charge is 0.411 e. The van der Waals surface area contributed by atoms with Crippen LogP contribution in [0.1, 0.15) is 11.1 Å². The second-order valence-corrected chi connectivity index (χ2v) is 6.49. The van der Waals surface area contributed by atoms with Crippen LogP contribution in [0.25, 0.3) is 0 Å². The Bertz CT molecular complexity index is 891. The first-order valence-electron chi connectivity index (χ1n) is 9.12. The molecule has 2 amide bonds. The summed E-state index contributed by atoms with van der Waals surface area (Å²) in [6, 6.07) is 27.9. The molecule has 0 aliphatic rings. The van der Waals surface area contributed by atoms with E-state index in [0.717, 1.165) is 11.1 Å². The molecule has 3 rings (SSSR count). The summed E-state index contributed by atoms with van der Waals surface area (Å²) in [4.78, 5) is 23.8. The highest BCUT2D eigenvalue weighted by molar-refractivity contribution is 5.84. The number of ether oxygens (including phenoxy) is 2. The van der Waals surface area contributed by atoms with Gasteiger partial charge in [0, 0.05) is 5.69 Å². The summed E-state index contributed by atoms with van der Waals surface area (Å²) in [6.07, 6.45) is -1.50. The molecule has 3 N–H and O–H groups in total. The molecule has 0 heterocycles. The number of amides is 2. The van der Waals surface area contributed by atoms with Crippen LogP contribution in [0.5, 0.6) is 0 Å². The van der Waals surface area contributed by atoms with Crippen molar-refractivity contribution in [3.05, 3.63) is 102 Å². The summed E-state index contributed by atoms with van der Waals surface area (Å²) in [6.45, 7) is -0.123. The number of para-hydroxylation sites is 1. The Labute approximate surface area is 169 Å². The van der Waals surface area contributed by atoms with Crippen molar-refractivity contribution in [2.45, 2.75) is 5.41 Å². The van der Waals surface area contributed by atoms with Gasteiger partial charge in [-0.15, -0.1) is 0 Å². The Hall–Kier alpha value is -3.80. The van der Waals surface area contributed by atoms with E-state index < -0.39 is 17.6 Å². The summed E-state index contributed by atoms with van der Waals surface area (Å²) in [5.41, 5.74) is 6.61. The summed E-state index contributed by atoms with van der Waals surface area (Å²) >= 11 is 0. The summed E-state index contributed by atoms with van der Waals surface area (Å²) < 4.78 is 10.8. The van der Waals surface area contributed by atoms with Crippen molar-refractivity contribution >= 4 is 17.9 Å². The molecule has 3 aromatic rings. The SMILES string of the molecule is NC(=O)OCC(COC(=O)Nc1ccccc1)(c1ccccc1)c1ccccc1. The van der Waals surface area contributed by atoms with Gasteiger partial charge in [-0.25, -0.2) is 9.59 Å². The quantitative estimate of drug-likeness (QED) is 0.629. The van der Waals surface area contributed by atoms with Crippen LogP contribution < -0.4 is 11.1 Å².